The summed E-state index contributed by atoms with van der Waals surface area (Å²) in [5.74, 6) is 0.306. The van der Waals surface area contributed by atoms with Gasteiger partial charge in [0.25, 0.3) is 5.91 Å². The third-order valence-corrected chi connectivity index (χ3v) is 6.32. The van der Waals surface area contributed by atoms with Gasteiger partial charge >= 0.3 is 0 Å². The van der Waals surface area contributed by atoms with Gasteiger partial charge in [-0.2, -0.15) is 0 Å². The number of carbonyl (C=O) groups excluding carboxylic acids is 2. The van der Waals surface area contributed by atoms with Crippen LogP contribution in [0.1, 0.15) is 10.4 Å². The highest BCUT2D eigenvalue weighted by Gasteiger charge is 2.13. The molecule has 2 N–H and O–H groups in total. The van der Waals surface area contributed by atoms with Crippen LogP contribution >= 0.6 is 23.1 Å². The Kier molecular flexibility index (Phi) is 6.44. The van der Waals surface area contributed by atoms with Crippen molar-refractivity contribution in [3.8, 4) is 5.75 Å². The van der Waals surface area contributed by atoms with E-state index in [1.54, 1.807) is 25.3 Å². The fourth-order valence-electron chi connectivity index (χ4n) is 2.88. The number of nitrogens with one attached hydrogen (secondary N) is 2. The molecule has 0 spiro atoms. The number of hydrogen-bond acceptors (Lipinski definition) is 7. The van der Waals surface area contributed by atoms with Crippen LogP contribution in [0.3, 0.4) is 0 Å². The lowest BCUT2D eigenvalue weighted by atomic mass is 10.1. The van der Waals surface area contributed by atoms with Crippen molar-refractivity contribution in [3.63, 3.8) is 0 Å². The largest absolute Gasteiger partial charge is 0.495 e. The van der Waals surface area contributed by atoms with Crippen molar-refractivity contribution in [2.24, 2.45) is 0 Å². The maximum Gasteiger partial charge on any atom is 0.257 e. The Morgan fingerprint density at radius 3 is 2.58 bits per heavy atom. The summed E-state index contributed by atoms with van der Waals surface area (Å²) in [5.41, 5.74) is 1.15. The molecule has 0 aliphatic carbocycles. The number of aromatic nitrogens is 2. The Balaban J connectivity index is 1.33. The van der Waals surface area contributed by atoms with Gasteiger partial charge in [0.15, 0.2) is 4.34 Å². The highest BCUT2D eigenvalue weighted by molar-refractivity contribution is 8.01. The molecule has 0 aliphatic rings. The second-order valence-electron chi connectivity index (χ2n) is 6.43. The molecule has 0 unspecified atom stereocenters. The van der Waals surface area contributed by atoms with Gasteiger partial charge in [0.2, 0.25) is 11.0 Å². The van der Waals surface area contributed by atoms with Crippen LogP contribution in [-0.2, 0) is 4.79 Å². The summed E-state index contributed by atoms with van der Waals surface area (Å²) < 4.78 is 5.81. The first kappa shape index (κ1) is 20.8. The van der Waals surface area contributed by atoms with Gasteiger partial charge in [-0.25, -0.2) is 0 Å². The average Bonchev–Trinajstić information content (AvgIpc) is 3.25. The van der Waals surface area contributed by atoms with Gasteiger partial charge in [-0.3, -0.25) is 14.9 Å². The maximum atomic E-state index is 12.5. The molecule has 0 fully saturated rings. The number of fused-ring (bicyclic) bond motifs is 1. The van der Waals surface area contributed by atoms with Crippen molar-refractivity contribution in [1.29, 1.82) is 0 Å². The Morgan fingerprint density at radius 1 is 0.968 bits per heavy atom. The van der Waals surface area contributed by atoms with Crippen molar-refractivity contribution >= 4 is 56.5 Å². The van der Waals surface area contributed by atoms with Crippen molar-refractivity contribution in [1.82, 2.24) is 10.2 Å². The zero-order chi connectivity index (χ0) is 21.6. The number of amides is 2. The predicted molar refractivity (Wildman–Crippen MR) is 124 cm³/mol. The number of ether oxygens (including phenoxy) is 1. The van der Waals surface area contributed by atoms with Gasteiger partial charge in [-0.15, -0.1) is 10.2 Å². The molecule has 0 saturated carbocycles. The molecular formula is C22H18N4O3S2. The molecular weight excluding hydrogens is 432 g/mol. The molecule has 1 heterocycles. The van der Waals surface area contributed by atoms with E-state index in [1.165, 1.54) is 23.1 Å². The lowest BCUT2D eigenvalue weighted by Gasteiger charge is -2.08. The highest BCUT2D eigenvalue weighted by Crippen LogP contribution is 2.27. The molecule has 3 aromatic carbocycles. The number of methoxy groups -OCH3 is 1. The molecule has 4 rings (SSSR count). The second-order valence-corrected chi connectivity index (χ2v) is 8.63. The van der Waals surface area contributed by atoms with Crippen LogP contribution in [0, 0.1) is 0 Å². The second kappa shape index (κ2) is 9.59. The van der Waals surface area contributed by atoms with Gasteiger partial charge in [-0.05, 0) is 35.0 Å². The molecule has 0 bridgehead atoms. The summed E-state index contributed by atoms with van der Waals surface area (Å²) in [7, 11) is 1.55. The zero-order valence-electron chi connectivity index (χ0n) is 16.5. The summed E-state index contributed by atoms with van der Waals surface area (Å²) in [6.07, 6.45) is 0. The van der Waals surface area contributed by atoms with Gasteiger partial charge in [0, 0.05) is 5.56 Å². The number of para-hydroxylation sites is 2. The van der Waals surface area contributed by atoms with Gasteiger partial charge in [0.05, 0.1) is 18.6 Å². The molecule has 0 saturated heterocycles. The molecule has 9 heteroatoms. The highest BCUT2D eigenvalue weighted by atomic mass is 32.2. The van der Waals surface area contributed by atoms with Gasteiger partial charge in [-0.1, -0.05) is 65.6 Å². The average molecular weight is 451 g/mol. The Bertz CT molecular complexity index is 1240. The molecule has 2 amide bonds. The standard InChI is InChI=1S/C22H18N4O3S2/c1-29-18-9-5-4-8-17(18)23-19(27)13-30-22-26-25-21(31-22)24-20(28)16-11-10-14-6-2-3-7-15(14)12-16/h2-12H,13H2,1H3,(H,23,27)(H,24,25,28). The molecule has 0 aliphatic heterocycles. The van der Waals surface area contributed by atoms with Gasteiger partial charge in [0.1, 0.15) is 5.75 Å². The summed E-state index contributed by atoms with van der Waals surface area (Å²) in [5, 5.41) is 16.0. The lowest BCUT2D eigenvalue weighted by molar-refractivity contribution is -0.113. The lowest BCUT2D eigenvalue weighted by Crippen LogP contribution is -2.14. The minimum atomic E-state index is -0.257. The smallest absolute Gasteiger partial charge is 0.257 e. The van der Waals surface area contributed by atoms with E-state index in [2.05, 4.69) is 20.8 Å². The SMILES string of the molecule is COc1ccccc1NC(=O)CSc1nnc(NC(=O)c2ccc3ccccc3c2)s1. The van der Waals surface area contributed by atoms with E-state index in [9.17, 15) is 9.59 Å². The Hall–Kier alpha value is -3.43. The van der Waals surface area contributed by atoms with Crippen LogP contribution in [0.4, 0.5) is 10.8 Å². The first-order valence-electron chi connectivity index (χ1n) is 9.32. The first-order chi connectivity index (χ1) is 15.1. The third kappa shape index (κ3) is 5.19. The van der Waals surface area contributed by atoms with E-state index in [0.717, 1.165) is 10.8 Å². The van der Waals surface area contributed by atoms with E-state index in [-0.39, 0.29) is 17.6 Å². The number of benzene rings is 3. The van der Waals surface area contributed by atoms with Crippen LogP contribution in [-0.4, -0.2) is 34.9 Å². The minimum Gasteiger partial charge on any atom is -0.495 e. The van der Waals surface area contributed by atoms with Crippen molar-refractivity contribution in [2.75, 3.05) is 23.5 Å². The Morgan fingerprint density at radius 2 is 1.74 bits per heavy atom. The molecule has 1 aromatic heterocycles. The number of rotatable bonds is 7. The zero-order valence-corrected chi connectivity index (χ0v) is 18.1. The topological polar surface area (TPSA) is 93.2 Å². The van der Waals surface area contributed by atoms with Crippen molar-refractivity contribution in [2.45, 2.75) is 4.34 Å². The quantitative estimate of drug-likeness (QED) is 0.314. The molecule has 0 radical (unpaired) electrons. The third-order valence-electron chi connectivity index (χ3n) is 4.35. The summed E-state index contributed by atoms with van der Waals surface area (Å²) in [6, 6.07) is 20.6. The molecule has 0 atom stereocenters. The fraction of sp³-hybridized carbons (Fsp3) is 0.0909. The van der Waals surface area contributed by atoms with E-state index in [1.807, 2.05) is 48.5 Å². The number of anilines is 2. The summed E-state index contributed by atoms with van der Waals surface area (Å²) in [6.45, 7) is 0. The van der Waals surface area contributed by atoms with Crippen LogP contribution in [0.25, 0.3) is 10.8 Å². The Labute approximate surface area is 186 Å². The number of thioether (sulfide) groups is 1. The molecule has 4 aromatic rings. The maximum absolute atomic E-state index is 12.5. The van der Waals surface area contributed by atoms with E-state index in [0.29, 0.717) is 26.5 Å². The minimum absolute atomic E-state index is 0.158. The van der Waals surface area contributed by atoms with Crippen LogP contribution in [0.5, 0.6) is 5.75 Å². The van der Waals surface area contributed by atoms with Crippen LogP contribution < -0.4 is 15.4 Å². The fourth-order valence-corrected chi connectivity index (χ4v) is 4.43. The van der Waals surface area contributed by atoms with Crippen LogP contribution in [0.2, 0.25) is 0 Å². The molecule has 31 heavy (non-hydrogen) atoms. The number of nitrogens with zero attached hydrogens (tertiary/aromatic N) is 2. The monoisotopic (exact) mass is 450 g/mol. The number of carbonyl (C=O) groups is 2. The molecule has 7 nitrogen and oxygen atoms in total. The predicted octanol–water partition coefficient (Wildman–Crippen LogP) is 4.68. The molecule has 156 valence electrons. The summed E-state index contributed by atoms with van der Waals surface area (Å²) in [4.78, 5) is 24.8. The van der Waals surface area contributed by atoms with E-state index < -0.39 is 0 Å². The van der Waals surface area contributed by atoms with Crippen molar-refractivity contribution in [3.05, 3.63) is 72.3 Å². The van der Waals surface area contributed by atoms with Crippen LogP contribution in [0.15, 0.2) is 71.1 Å². The number of hydrogen-bond donors (Lipinski definition) is 2. The van der Waals surface area contributed by atoms with Crippen molar-refractivity contribution < 1.29 is 14.3 Å². The first-order valence-corrected chi connectivity index (χ1v) is 11.1. The van der Waals surface area contributed by atoms with E-state index >= 15 is 0 Å². The van der Waals surface area contributed by atoms with E-state index in [4.69, 9.17) is 4.74 Å². The summed E-state index contributed by atoms with van der Waals surface area (Å²) >= 11 is 2.47. The van der Waals surface area contributed by atoms with Gasteiger partial charge < -0.3 is 10.1 Å². The normalized spacial score (nSPS) is 10.6.